The van der Waals surface area contributed by atoms with Crippen LogP contribution in [0.1, 0.15) is 23.1 Å². The lowest BCUT2D eigenvalue weighted by molar-refractivity contribution is 0.0947. The molecule has 1 amide bonds. The van der Waals surface area contributed by atoms with E-state index in [1.165, 1.54) is 6.92 Å². The van der Waals surface area contributed by atoms with Crippen LogP contribution in [0.25, 0.3) is 0 Å². The monoisotopic (exact) mass is 251 g/mol. The second-order valence-corrected chi connectivity index (χ2v) is 5.33. The molecule has 2 N–H and O–H groups in total. The second kappa shape index (κ2) is 4.19. The Balaban J connectivity index is 3.27. The number of aromatic nitrogens is 2. The molecule has 1 heterocycles. The van der Waals surface area contributed by atoms with Crippen LogP contribution in [0.15, 0.2) is 4.90 Å². The molecule has 1 aromatic heterocycles. The van der Waals surface area contributed by atoms with Gasteiger partial charge in [0.25, 0.3) is 15.0 Å². The second-order valence-electron chi connectivity index (χ2n) is 2.82. The van der Waals surface area contributed by atoms with Gasteiger partial charge in [0.2, 0.25) is 0 Å². The van der Waals surface area contributed by atoms with E-state index < -0.39 is 15.0 Å². The van der Waals surface area contributed by atoms with Crippen LogP contribution >= 0.6 is 10.7 Å². The Hall–Kier alpha value is -1.08. The molecule has 0 aliphatic carbocycles. The lowest BCUT2D eigenvalue weighted by Gasteiger charge is -2.00. The first kappa shape index (κ1) is 12.0. The van der Waals surface area contributed by atoms with E-state index in [9.17, 15) is 13.2 Å². The van der Waals surface area contributed by atoms with Crippen molar-refractivity contribution < 1.29 is 13.2 Å². The zero-order valence-corrected chi connectivity index (χ0v) is 9.74. The van der Waals surface area contributed by atoms with Crippen molar-refractivity contribution in [3.05, 3.63) is 11.4 Å². The summed E-state index contributed by atoms with van der Waals surface area (Å²) in [6, 6.07) is 0. The molecule has 1 aromatic rings. The van der Waals surface area contributed by atoms with Crippen LogP contribution in [0.4, 0.5) is 0 Å². The van der Waals surface area contributed by atoms with Gasteiger partial charge >= 0.3 is 0 Å². The van der Waals surface area contributed by atoms with E-state index in [1.54, 1.807) is 6.92 Å². The van der Waals surface area contributed by atoms with Gasteiger partial charge in [-0.3, -0.25) is 9.89 Å². The van der Waals surface area contributed by atoms with Crippen molar-refractivity contribution in [3.63, 3.8) is 0 Å². The third-order valence-electron chi connectivity index (χ3n) is 1.69. The molecule has 6 nitrogen and oxygen atoms in total. The Morgan fingerprint density at radius 2 is 2.20 bits per heavy atom. The summed E-state index contributed by atoms with van der Waals surface area (Å²) in [6.45, 7) is 3.57. The minimum atomic E-state index is -3.97. The Morgan fingerprint density at radius 3 is 2.67 bits per heavy atom. The maximum absolute atomic E-state index is 11.4. The van der Waals surface area contributed by atoms with Gasteiger partial charge in [-0.05, 0) is 13.8 Å². The quantitative estimate of drug-likeness (QED) is 0.761. The van der Waals surface area contributed by atoms with Gasteiger partial charge < -0.3 is 5.32 Å². The summed E-state index contributed by atoms with van der Waals surface area (Å²) >= 11 is 0. The number of carbonyl (C=O) groups is 1. The van der Waals surface area contributed by atoms with Crippen molar-refractivity contribution in [2.45, 2.75) is 18.7 Å². The minimum Gasteiger partial charge on any atom is -0.351 e. The average Bonchev–Trinajstić information content (AvgIpc) is 2.46. The zero-order chi connectivity index (χ0) is 11.6. The summed E-state index contributed by atoms with van der Waals surface area (Å²) in [5.41, 5.74) is 0.0376. The fourth-order valence-electron chi connectivity index (χ4n) is 1.12. The highest BCUT2D eigenvalue weighted by molar-refractivity contribution is 8.13. The number of nitrogens with one attached hydrogen (secondary N) is 2. The van der Waals surface area contributed by atoms with Crippen molar-refractivity contribution in [1.29, 1.82) is 0 Å². The van der Waals surface area contributed by atoms with E-state index in [0.29, 0.717) is 6.54 Å². The standard InChI is InChI=1S/C7H10ClN3O3S/c1-3-9-7(12)5-6(15(8,13)14)4(2)10-11-5/h3H2,1-2H3,(H,9,12)(H,10,11). The summed E-state index contributed by atoms with van der Waals surface area (Å²) in [4.78, 5) is 11.1. The molecular formula is C7H10ClN3O3S. The first-order valence-electron chi connectivity index (χ1n) is 4.15. The smallest absolute Gasteiger partial charge is 0.273 e. The van der Waals surface area contributed by atoms with E-state index in [-0.39, 0.29) is 16.3 Å². The fraction of sp³-hybridized carbons (Fsp3) is 0.429. The minimum absolute atomic E-state index is 0.204. The largest absolute Gasteiger partial charge is 0.351 e. The summed E-state index contributed by atoms with van der Waals surface area (Å²) in [5, 5.41) is 8.45. The van der Waals surface area contributed by atoms with Gasteiger partial charge in [-0.1, -0.05) is 0 Å². The van der Waals surface area contributed by atoms with Gasteiger partial charge in [-0.15, -0.1) is 0 Å². The van der Waals surface area contributed by atoms with Gasteiger partial charge in [0.05, 0.1) is 5.69 Å². The van der Waals surface area contributed by atoms with Crippen molar-refractivity contribution in [2.75, 3.05) is 6.54 Å². The number of amides is 1. The number of aromatic amines is 1. The first-order valence-corrected chi connectivity index (χ1v) is 6.46. The summed E-state index contributed by atoms with van der Waals surface area (Å²) < 4.78 is 22.3. The molecule has 0 unspecified atom stereocenters. The van der Waals surface area contributed by atoms with Crippen molar-refractivity contribution in [3.8, 4) is 0 Å². The van der Waals surface area contributed by atoms with Crippen LogP contribution in [0.3, 0.4) is 0 Å². The van der Waals surface area contributed by atoms with Crippen LogP contribution in [0.5, 0.6) is 0 Å². The van der Waals surface area contributed by atoms with Crippen molar-refractivity contribution in [2.24, 2.45) is 0 Å². The molecule has 84 valence electrons. The summed E-state index contributed by atoms with van der Waals surface area (Å²) in [7, 11) is 1.22. The topological polar surface area (TPSA) is 91.9 Å². The number of nitrogens with zero attached hydrogens (tertiary/aromatic N) is 1. The third kappa shape index (κ3) is 2.48. The maximum atomic E-state index is 11.4. The number of hydrogen-bond donors (Lipinski definition) is 2. The molecule has 0 atom stereocenters. The average molecular weight is 252 g/mol. The molecule has 8 heteroatoms. The lowest BCUT2D eigenvalue weighted by Crippen LogP contribution is -2.24. The highest BCUT2D eigenvalue weighted by atomic mass is 35.7. The SMILES string of the molecule is CCNC(=O)c1n[nH]c(C)c1S(=O)(=O)Cl. The Bertz CT molecular complexity index is 480. The molecule has 0 aromatic carbocycles. The molecule has 0 radical (unpaired) electrons. The molecule has 0 fully saturated rings. The van der Waals surface area contributed by atoms with Crippen molar-refractivity contribution in [1.82, 2.24) is 15.5 Å². The predicted molar refractivity (Wildman–Crippen MR) is 54.4 cm³/mol. The van der Waals surface area contributed by atoms with Crippen molar-refractivity contribution >= 4 is 25.6 Å². The Labute approximate surface area is 91.4 Å². The molecule has 0 bridgehead atoms. The van der Waals surface area contributed by atoms with Gasteiger partial charge in [0.1, 0.15) is 4.90 Å². The molecular weight excluding hydrogens is 242 g/mol. The predicted octanol–water partition coefficient (Wildman–Crippen LogP) is 0.395. The number of halogens is 1. The summed E-state index contributed by atoms with van der Waals surface area (Å²) in [5.74, 6) is -0.568. The van der Waals surface area contributed by atoms with Crippen LogP contribution in [0, 0.1) is 6.92 Å². The maximum Gasteiger partial charge on any atom is 0.273 e. The van der Waals surface area contributed by atoms with E-state index >= 15 is 0 Å². The molecule has 0 saturated carbocycles. The molecule has 0 spiro atoms. The Kier molecular flexibility index (Phi) is 3.35. The van der Waals surface area contributed by atoms with Crippen LogP contribution in [-0.2, 0) is 9.05 Å². The van der Waals surface area contributed by atoms with E-state index in [0.717, 1.165) is 0 Å². The van der Waals surface area contributed by atoms with Gasteiger partial charge in [-0.25, -0.2) is 8.42 Å². The number of aryl methyl sites for hydroxylation is 1. The number of hydrogen-bond acceptors (Lipinski definition) is 4. The first-order chi connectivity index (χ1) is 6.88. The lowest BCUT2D eigenvalue weighted by atomic mass is 10.3. The van der Waals surface area contributed by atoms with Gasteiger partial charge in [-0.2, -0.15) is 5.10 Å². The fourth-order valence-corrected chi connectivity index (χ4v) is 2.46. The number of carbonyl (C=O) groups excluding carboxylic acids is 1. The van der Waals surface area contributed by atoms with Crippen LogP contribution in [0.2, 0.25) is 0 Å². The molecule has 0 aliphatic rings. The molecule has 0 aliphatic heterocycles. The molecule has 15 heavy (non-hydrogen) atoms. The molecule has 0 saturated heterocycles. The normalized spacial score (nSPS) is 11.4. The van der Waals surface area contributed by atoms with E-state index in [1.807, 2.05) is 0 Å². The molecule has 1 rings (SSSR count). The Morgan fingerprint density at radius 1 is 1.60 bits per heavy atom. The van der Waals surface area contributed by atoms with Crippen LogP contribution in [-0.4, -0.2) is 31.1 Å². The van der Waals surface area contributed by atoms with E-state index in [2.05, 4.69) is 15.5 Å². The highest BCUT2D eigenvalue weighted by Crippen LogP contribution is 2.21. The van der Waals surface area contributed by atoms with Gasteiger partial charge in [0, 0.05) is 17.2 Å². The van der Waals surface area contributed by atoms with Gasteiger partial charge in [0.15, 0.2) is 5.69 Å². The highest BCUT2D eigenvalue weighted by Gasteiger charge is 2.26. The number of H-pyrrole nitrogens is 1. The summed E-state index contributed by atoms with van der Waals surface area (Å²) in [6.07, 6.45) is 0. The third-order valence-corrected chi connectivity index (χ3v) is 3.14. The van der Waals surface area contributed by atoms with E-state index in [4.69, 9.17) is 10.7 Å². The number of rotatable bonds is 3. The zero-order valence-electron chi connectivity index (χ0n) is 8.17. The van der Waals surface area contributed by atoms with Crippen LogP contribution < -0.4 is 5.32 Å².